The fraction of sp³-hybridized carbons (Fsp3) is 0.467. The zero-order valence-electron chi connectivity index (χ0n) is 12.0. The number of fused-ring (bicyclic) bond motifs is 2. The number of carbonyl (C=O) groups is 1. The van der Waals surface area contributed by atoms with Gasteiger partial charge in [0.05, 0.1) is 5.71 Å². The molecule has 2 bridgehead atoms. The highest BCUT2D eigenvalue weighted by Gasteiger charge is 2.39. The lowest BCUT2D eigenvalue weighted by molar-refractivity contribution is 0.0706. The number of halogens is 1. The second-order valence-electron chi connectivity index (χ2n) is 5.88. The van der Waals surface area contributed by atoms with Gasteiger partial charge < -0.3 is 5.21 Å². The standard InChI is InChI=1S/C15H18FN3O3/c16-14-5-9(15(20)18-22)1-2-10(14)8-19-12-3-4-13(19)7-11(6-12)17-21/h1-2,5,12-13,21-22H,3-4,6-8H2,(H,18,20). The van der Waals surface area contributed by atoms with Crippen LogP contribution in [0, 0.1) is 5.82 Å². The van der Waals surface area contributed by atoms with E-state index in [0.29, 0.717) is 12.1 Å². The third-order valence-corrected chi connectivity index (χ3v) is 4.62. The fourth-order valence-corrected chi connectivity index (χ4v) is 3.50. The monoisotopic (exact) mass is 307 g/mol. The minimum absolute atomic E-state index is 0.0834. The number of rotatable bonds is 3. The molecule has 0 aromatic heterocycles. The van der Waals surface area contributed by atoms with Gasteiger partial charge in [-0.25, -0.2) is 9.87 Å². The normalized spacial score (nSPS) is 24.4. The molecule has 2 aliphatic heterocycles. The summed E-state index contributed by atoms with van der Waals surface area (Å²) in [6.07, 6.45) is 3.49. The van der Waals surface area contributed by atoms with Crippen LogP contribution < -0.4 is 5.48 Å². The number of carbonyl (C=O) groups excluding carboxylic acids is 1. The molecule has 0 saturated carbocycles. The van der Waals surface area contributed by atoms with Crippen molar-refractivity contribution in [3.63, 3.8) is 0 Å². The molecule has 2 fully saturated rings. The van der Waals surface area contributed by atoms with Crippen LogP contribution in [0.15, 0.2) is 23.4 Å². The Morgan fingerprint density at radius 3 is 2.59 bits per heavy atom. The van der Waals surface area contributed by atoms with Crippen LogP contribution in [0.3, 0.4) is 0 Å². The van der Waals surface area contributed by atoms with Crippen molar-refractivity contribution in [2.24, 2.45) is 5.16 Å². The van der Waals surface area contributed by atoms with E-state index in [1.807, 2.05) is 0 Å². The Morgan fingerprint density at radius 2 is 2.05 bits per heavy atom. The van der Waals surface area contributed by atoms with Crippen molar-refractivity contribution in [2.75, 3.05) is 0 Å². The summed E-state index contributed by atoms with van der Waals surface area (Å²) in [7, 11) is 0. The molecule has 2 atom stereocenters. The van der Waals surface area contributed by atoms with Gasteiger partial charge in [0, 0.05) is 42.6 Å². The largest absolute Gasteiger partial charge is 0.411 e. The van der Waals surface area contributed by atoms with Crippen molar-refractivity contribution in [1.29, 1.82) is 0 Å². The van der Waals surface area contributed by atoms with Gasteiger partial charge in [0.15, 0.2) is 0 Å². The molecule has 1 aromatic carbocycles. The second kappa shape index (κ2) is 6.02. The average molecular weight is 307 g/mol. The minimum atomic E-state index is -0.729. The summed E-state index contributed by atoms with van der Waals surface area (Å²) in [5, 5.41) is 20.8. The number of nitrogens with zero attached hydrogens (tertiary/aromatic N) is 2. The number of hydrogen-bond donors (Lipinski definition) is 3. The van der Waals surface area contributed by atoms with Gasteiger partial charge in [0.2, 0.25) is 0 Å². The lowest BCUT2D eigenvalue weighted by atomic mass is 9.99. The molecule has 0 aliphatic carbocycles. The first kappa shape index (κ1) is 14.9. The van der Waals surface area contributed by atoms with E-state index < -0.39 is 11.7 Å². The maximum atomic E-state index is 14.2. The Kier molecular flexibility index (Phi) is 4.08. The maximum absolute atomic E-state index is 14.2. The molecule has 2 saturated heterocycles. The van der Waals surface area contributed by atoms with Crippen molar-refractivity contribution in [1.82, 2.24) is 10.4 Å². The highest BCUT2D eigenvalue weighted by Crippen LogP contribution is 2.35. The van der Waals surface area contributed by atoms with Crippen molar-refractivity contribution < 1.29 is 19.6 Å². The summed E-state index contributed by atoms with van der Waals surface area (Å²) in [4.78, 5) is 13.5. The van der Waals surface area contributed by atoms with E-state index in [2.05, 4.69) is 10.1 Å². The predicted molar refractivity (Wildman–Crippen MR) is 76.5 cm³/mol. The minimum Gasteiger partial charge on any atom is -0.411 e. The number of nitrogens with one attached hydrogen (secondary N) is 1. The number of amides is 1. The summed E-state index contributed by atoms with van der Waals surface area (Å²) in [6, 6.07) is 4.77. The Morgan fingerprint density at radius 1 is 1.36 bits per heavy atom. The molecule has 118 valence electrons. The molecule has 2 unspecified atom stereocenters. The third kappa shape index (κ3) is 2.69. The van der Waals surface area contributed by atoms with Gasteiger partial charge in [0.25, 0.3) is 5.91 Å². The smallest absolute Gasteiger partial charge is 0.274 e. The van der Waals surface area contributed by atoms with Gasteiger partial charge in [-0.2, -0.15) is 0 Å². The quantitative estimate of drug-likeness (QED) is 0.452. The molecule has 2 aliphatic rings. The van der Waals surface area contributed by atoms with Gasteiger partial charge in [-0.1, -0.05) is 11.2 Å². The molecule has 1 aromatic rings. The average Bonchev–Trinajstić information content (AvgIpc) is 2.77. The Balaban J connectivity index is 1.76. The Labute approximate surface area is 127 Å². The summed E-state index contributed by atoms with van der Waals surface area (Å²) < 4.78 is 14.2. The molecule has 2 heterocycles. The van der Waals surface area contributed by atoms with Gasteiger partial charge in [0.1, 0.15) is 5.82 Å². The van der Waals surface area contributed by atoms with Crippen molar-refractivity contribution in [3.05, 3.63) is 35.1 Å². The molecular weight excluding hydrogens is 289 g/mol. The fourth-order valence-electron chi connectivity index (χ4n) is 3.50. The molecule has 3 N–H and O–H groups in total. The molecule has 22 heavy (non-hydrogen) atoms. The Hall–Kier alpha value is -1.99. The lowest BCUT2D eigenvalue weighted by Crippen LogP contribution is -2.42. The van der Waals surface area contributed by atoms with Gasteiger partial charge in [-0.05, 0) is 25.0 Å². The number of hydrogen-bond acceptors (Lipinski definition) is 5. The zero-order chi connectivity index (χ0) is 15.7. The van der Waals surface area contributed by atoms with Crippen LogP contribution in [0.4, 0.5) is 4.39 Å². The molecule has 0 spiro atoms. The molecule has 3 rings (SSSR count). The van der Waals surface area contributed by atoms with Crippen LogP contribution in [0.25, 0.3) is 0 Å². The summed E-state index contributed by atoms with van der Waals surface area (Å²) in [6.45, 7) is 0.473. The van der Waals surface area contributed by atoms with Crippen molar-refractivity contribution >= 4 is 11.6 Å². The van der Waals surface area contributed by atoms with Gasteiger partial charge >= 0.3 is 0 Å². The maximum Gasteiger partial charge on any atom is 0.274 e. The van der Waals surface area contributed by atoms with Crippen LogP contribution in [-0.2, 0) is 6.54 Å². The topological polar surface area (TPSA) is 85.2 Å². The predicted octanol–water partition coefficient (Wildman–Crippen LogP) is 1.90. The first-order valence-corrected chi connectivity index (χ1v) is 7.30. The van der Waals surface area contributed by atoms with E-state index in [9.17, 15) is 9.18 Å². The van der Waals surface area contributed by atoms with Crippen molar-refractivity contribution in [2.45, 2.75) is 44.3 Å². The number of benzene rings is 1. The third-order valence-electron chi connectivity index (χ3n) is 4.62. The van der Waals surface area contributed by atoms with Crippen LogP contribution in [0.1, 0.15) is 41.6 Å². The van der Waals surface area contributed by atoms with E-state index >= 15 is 0 Å². The van der Waals surface area contributed by atoms with E-state index in [-0.39, 0.29) is 17.6 Å². The van der Waals surface area contributed by atoms with E-state index in [0.717, 1.165) is 37.5 Å². The molecule has 1 amide bonds. The zero-order valence-corrected chi connectivity index (χ0v) is 12.0. The first-order valence-electron chi connectivity index (χ1n) is 7.30. The highest BCUT2D eigenvalue weighted by atomic mass is 19.1. The van der Waals surface area contributed by atoms with Crippen molar-refractivity contribution in [3.8, 4) is 0 Å². The summed E-state index contributed by atoms with van der Waals surface area (Å²) >= 11 is 0. The summed E-state index contributed by atoms with van der Waals surface area (Å²) in [5.74, 6) is -1.19. The van der Waals surface area contributed by atoms with E-state index in [1.54, 1.807) is 6.07 Å². The van der Waals surface area contributed by atoms with Gasteiger partial charge in [-0.15, -0.1) is 0 Å². The SMILES string of the molecule is O=C(NO)c1ccc(CN2C3CCC2CC(=NO)C3)c(F)c1. The highest BCUT2D eigenvalue weighted by molar-refractivity contribution is 5.93. The number of piperidine rings is 1. The number of oxime groups is 1. The molecular formula is C15H18FN3O3. The lowest BCUT2D eigenvalue weighted by Gasteiger charge is -2.35. The van der Waals surface area contributed by atoms with Crippen LogP contribution in [0.2, 0.25) is 0 Å². The van der Waals surface area contributed by atoms with E-state index in [4.69, 9.17) is 10.4 Å². The first-order chi connectivity index (χ1) is 10.6. The van der Waals surface area contributed by atoms with E-state index in [1.165, 1.54) is 11.5 Å². The van der Waals surface area contributed by atoms with Crippen LogP contribution in [-0.4, -0.2) is 39.0 Å². The molecule has 6 nitrogen and oxygen atoms in total. The Bertz CT molecular complexity index is 604. The van der Waals surface area contributed by atoms with Crippen LogP contribution >= 0.6 is 0 Å². The summed E-state index contributed by atoms with van der Waals surface area (Å²) in [5.41, 5.74) is 2.92. The van der Waals surface area contributed by atoms with Crippen LogP contribution in [0.5, 0.6) is 0 Å². The van der Waals surface area contributed by atoms with Gasteiger partial charge in [-0.3, -0.25) is 14.9 Å². The molecule has 7 heteroatoms. The molecule has 0 radical (unpaired) electrons. The number of hydroxylamine groups is 1. The second-order valence-corrected chi connectivity index (χ2v) is 5.88.